The molecule has 1 aliphatic carbocycles. The molecule has 29 heavy (non-hydrogen) atoms. The van der Waals surface area contributed by atoms with Gasteiger partial charge in [0.25, 0.3) is 5.91 Å². The standard InChI is InChI=1S/C22H31N3O4/c1-14-7-4-5-9-22(14)20(27)25(21(28)23-22)13-19(26)18-11-15(2)24(16(18)3)12-17-8-6-10-29-17/h11,14,17H,4-10,12-13H2,1-3H3,(H,23,28). The van der Waals surface area contributed by atoms with Crippen LogP contribution in [0.25, 0.3) is 0 Å². The van der Waals surface area contributed by atoms with Gasteiger partial charge >= 0.3 is 6.03 Å². The number of carbonyl (C=O) groups is 3. The number of aromatic nitrogens is 1. The topological polar surface area (TPSA) is 80.6 Å². The lowest BCUT2D eigenvalue weighted by Crippen LogP contribution is -2.54. The second kappa shape index (κ2) is 7.59. The van der Waals surface area contributed by atoms with Crippen molar-refractivity contribution in [3.63, 3.8) is 0 Å². The number of rotatable bonds is 5. The smallest absolute Gasteiger partial charge is 0.325 e. The fourth-order valence-corrected chi connectivity index (χ4v) is 5.22. The number of Topliss-reactive ketones (excluding diaryl/α,β-unsaturated/α-hetero) is 1. The number of imide groups is 1. The molecule has 2 aliphatic heterocycles. The van der Waals surface area contributed by atoms with E-state index in [9.17, 15) is 14.4 Å². The van der Waals surface area contributed by atoms with Gasteiger partial charge in [-0.3, -0.25) is 14.5 Å². The number of nitrogens with zero attached hydrogens (tertiary/aromatic N) is 2. The largest absolute Gasteiger partial charge is 0.376 e. The Hall–Kier alpha value is -2.15. The molecule has 3 amide bonds. The zero-order valence-corrected chi connectivity index (χ0v) is 17.6. The maximum Gasteiger partial charge on any atom is 0.325 e. The molecule has 4 rings (SSSR count). The summed E-state index contributed by atoms with van der Waals surface area (Å²) in [7, 11) is 0. The quantitative estimate of drug-likeness (QED) is 0.608. The summed E-state index contributed by atoms with van der Waals surface area (Å²) in [6.07, 6.45) is 5.84. The van der Waals surface area contributed by atoms with Gasteiger partial charge in [0, 0.05) is 30.1 Å². The zero-order valence-electron chi connectivity index (χ0n) is 17.6. The number of carbonyl (C=O) groups excluding carboxylic acids is 3. The third kappa shape index (κ3) is 3.39. The van der Waals surface area contributed by atoms with Crippen molar-refractivity contribution >= 4 is 17.7 Å². The molecular weight excluding hydrogens is 370 g/mol. The second-order valence-electron chi connectivity index (χ2n) is 8.89. The molecule has 0 bridgehead atoms. The van der Waals surface area contributed by atoms with E-state index < -0.39 is 11.6 Å². The van der Waals surface area contributed by atoms with E-state index in [0.29, 0.717) is 12.0 Å². The van der Waals surface area contributed by atoms with Gasteiger partial charge in [0.2, 0.25) is 0 Å². The summed E-state index contributed by atoms with van der Waals surface area (Å²) in [4.78, 5) is 39.9. The number of urea groups is 1. The van der Waals surface area contributed by atoms with Gasteiger partial charge in [-0.2, -0.15) is 0 Å². The van der Waals surface area contributed by atoms with Crippen LogP contribution in [0, 0.1) is 19.8 Å². The average Bonchev–Trinajstić information content (AvgIpc) is 3.36. The minimum atomic E-state index is -0.827. The molecule has 1 aromatic heterocycles. The Balaban J connectivity index is 1.51. The van der Waals surface area contributed by atoms with Gasteiger partial charge < -0.3 is 14.6 Å². The van der Waals surface area contributed by atoms with Crippen LogP contribution in [0.15, 0.2) is 6.07 Å². The molecule has 3 aliphatic rings. The Bertz CT molecular complexity index is 839. The molecule has 3 unspecified atom stereocenters. The van der Waals surface area contributed by atoms with Gasteiger partial charge in [0.05, 0.1) is 12.6 Å². The van der Waals surface area contributed by atoms with Gasteiger partial charge in [-0.25, -0.2) is 4.79 Å². The van der Waals surface area contributed by atoms with E-state index in [0.717, 1.165) is 61.5 Å². The molecule has 7 nitrogen and oxygen atoms in total. The number of hydrogen-bond donors (Lipinski definition) is 1. The van der Waals surface area contributed by atoms with Crippen LogP contribution in [0.5, 0.6) is 0 Å². The van der Waals surface area contributed by atoms with Crippen LogP contribution in [-0.4, -0.2) is 52.0 Å². The molecule has 0 aromatic carbocycles. The number of nitrogens with one attached hydrogen (secondary N) is 1. The van der Waals surface area contributed by atoms with E-state index >= 15 is 0 Å². The fourth-order valence-electron chi connectivity index (χ4n) is 5.22. The second-order valence-corrected chi connectivity index (χ2v) is 8.89. The Morgan fingerprint density at radius 3 is 2.72 bits per heavy atom. The lowest BCUT2D eigenvalue weighted by Gasteiger charge is -2.36. The summed E-state index contributed by atoms with van der Waals surface area (Å²) in [5.41, 5.74) is 1.62. The van der Waals surface area contributed by atoms with Crippen molar-refractivity contribution in [1.82, 2.24) is 14.8 Å². The maximum absolute atomic E-state index is 13.1. The fraction of sp³-hybridized carbons (Fsp3) is 0.682. The molecule has 3 heterocycles. The first kappa shape index (κ1) is 20.1. The minimum absolute atomic E-state index is 0.0873. The third-order valence-corrected chi connectivity index (χ3v) is 7.09. The van der Waals surface area contributed by atoms with Crippen LogP contribution in [-0.2, 0) is 16.1 Å². The van der Waals surface area contributed by atoms with Crippen molar-refractivity contribution in [2.24, 2.45) is 5.92 Å². The SMILES string of the molecule is Cc1cc(C(=O)CN2C(=O)NC3(CCCCC3C)C2=O)c(C)n1CC1CCCO1. The molecule has 158 valence electrons. The van der Waals surface area contributed by atoms with E-state index in [-0.39, 0.29) is 30.3 Å². The molecule has 7 heteroatoms. The number of ketones is 1. The van der Waals surface area contributed by atoms with E-state index in [1.807, 2.05) is 26.8 Å². The van der Waals surface area contributed by atoms with Gasteiger partial charge in [0.1, 0.15) is 5.54 Å². The summed E-state index contributed by atoms with van der Waals surface area (Å²) < 4.78 is 7.85. The monoisotopic (exact) mass is 401 g/mol. The summed E-state index contributed by atoms with van der Waals surface area (Å²) in [5.74, 6) is -0.346. The first-order valence-electron chi connectivity index (χ1n) is 10.8. The van der Waals surface area contributed by atoms with E-state index in [4.69, 9.17) is 4.74 Å². The molecule has 2 saturated heterocycles. The summed E-state index contributed by atoms with van der Waals surface area (Å²) in [6, 6.07) is 1.43. The first-order chi connectivity index (χ1) is 13.8. The van der Waals surface area contributed by atoms with E-state index in [2.05, 4.69) is 9.88 Å². The average molecular weight is 402 g/mol. The van der Waals surface area contributed by atoms with Crippen LogP contribution in [0.3, 0.4) is 0 Å². The van der Waals surface area contributed by atoms with Crippen LogP contribution < -0.4 is 5.32 Å². The highest BCUT2D eigenvalue weighted by molar-refractivity contribution is 6.11. The predicted octanol–water partition coefficient (Wildman–Crippen LogP) is 2.97. The molecule has 1 N–H and O–H groups in total. The Morgan fingerprint density at radius 1 is 1.24 bits per heavy atom. The molecule has 0 radical (unpaired) electrons. The van der Waals surface area contributed by atoms with Crippen molar-refractivity contribution in [1.29, 1.82) is 0 Å². The van der Waals surface area contributed by atoms with Crippen molar-refractivity contribution in [3.8, 4) is 0 Å². The lowest BCUT2D eigenvalue weighted by molar-refractivity contribution is -0.133. The molecule has 3 atom stereocenters. The van der Waals surface area contributed by atoms with Crippen molar-refractivity contribution in [2.45, 2.75) is 77.5 Å². The molecule has 1 saturated carbocycles. The Kier molecular flexibility index (Phi) is 5.27. The van der Waals surface area contributed by atoms with Crippen molar-refractivity contribution in [3.05, 3.63) is 23.0 Å². The van der Waals surface area contributed by atoms with Gasteiger partial charge in [-0.15, -0.1) is 0 Å². The van der Waals surface area contributed by atoms with Crippen LogP contribution in [0.4, 0.5) is 4.79 Å². The third-order valence-electron chi connectivity index (χ3n) is 7.09. The molecule has 1 spiro atoms. The molecule has 1 aromatic rings. The van der Waals surface area contributed by atoms with Crippen LogP contribution >= 0.6 is 0 Å². The van der Waals surface area contributed by atoms with Crippen molar-refractivity contribution in [2.75, 3.05) is 13.2 Å². The highest BCUT2D eigenvalue weighted by Gasteiger charge is 2.55. The number of amides is 3. The van der Waals surface area contributed by atoms with Crippen LogP contribution in [0.1, 0.15) is 67.2 Å². The number of aryl methyl sites for hydroxylation is 1. The number of hydrogen-bond acceptors (Lipinski definition) is 4. The molecular formula is C22H31N3O4. The zero-order chi connectivity index (χ0) is 20.8. The minimum Gasteiger partial charge on any atom is -0.376 e. The summed E-state index contributed by atoms with van der Waals surface area (Å²) in [6.45, 7) is 7.23. The normalized spacial score (nSPS) is 29.7. The van der Waals surface area contributed by atoms with Gasteiger partial charge in [-0.05, 0) is 51.5 Å². The Morgan fingerprint density at radius 2 is 2.03 bits per heavy atom. The highest BCUT2D eigenvalue weighted by Crippen LogP contribution is 2.38. The van der Waals surface area contributed by atoms with Crippen LogP contribution in [0.2, 0.25) is 0 Å². The van der Waals surface area contributed by atoms with Gasteiger partial charge in [-0.1, -0.05) is 19.8 Å². The molecule has 3 fully saturated rings. The highest BCUT2D eigenvalue weighted by atomic mass is 16.5. The summed E-state index contributed by atoms with van der Waals surface area (Å²) in [5, 5.41) is 2.92. The lowest BCUT2D eigenvalue weighted by atomic mass is 9.73. The van der Waals surface area contributed by atoms with E-state index in [1.165, 1.54) is 0 Å². The van der Waals surface area contributed by atoms with E-state index in [1.54, 1.807) is 0 Å². The van der Waals surface area contributed by atoms with Gasteiger partial charge in [0.15, 0.2) is 5.78 Å². The summed E-state index contributed by atoms with van der Waals surface area (Å²) >= 11 is 0. The predicted molar refractivity (Wildman–Crippen MR) is 108 cm³/mol. The Labute approximate surface area is 171 Å². The first-order valence-corrected chi connectivity index (χ1v) is 10.8. The maximum atomic E-state index is 13.1. The number of ether oxygens (including phenoxy) is 1. The van der Waals surface area contributed by atoms with Crippen molar-refractivity contribution < 1.29 is 19.1 Å².